The van der Waals surface area contributed by atoms with Gasteiger partial charge in [-0.15, -0.1) is 0 Å². The van der Waals surface area contributed by atoms with Crippen molar-refractivity contribution in [3.8, 4) is 0 Å². The number of nitrogens with zero attached hydrogens (tertiary/aromatic N) is 2. The molecule has 0 bridgehead atoms. The van der Waals surface area contributed by atoms with E-state index in [9.17, 15) is 9.59 Å². The van der Waals surface area contributed by atoms with E-state index in [1.165, 1.54) is 0 Å². The zero-order chi connectivity index (χ0) is 14.0. The summed E-state index contributed by atoms with van der Waals surface area (Å²) < 4.78 is 0.0932. The summed E-state index contributed by atoms with van der Waals surface area (Å²) in [5.74, 6) is 0.115. The predicted octanol–water partition coefficient (Wildman–Crippen LogP) is 1.87. The van der Waals surface area contributed by atoms with Gasteiger partial charge < -0.3 is 14.9 Å². The van der Waals surface area contributed by atoms with Gasteiger partial charge in [0.05, 0.1) is 6.42 Å². The Kier molecular flexibility index (Phi) is 4.28. The molecule has 0 atom stereocenters. The third kappa shape index (κ3) is 4.03. The lowest BCUT2D eigenvalue weighted by molar-refractivity contribution is -0.137. The van der Waals surface area contributed by atoms with Crippen LogP contribution in [0.4, 0.5) is 4.79 Å². The maximum atomic E-state index is 12.5. The van der Waals surface area contributed by atoms with Crippen molar-refractivity contribution in [2.75, 3.05) is 25.4 Å². The van der Waals surface area contributed by atoms with Crippen molar-refractivity contribution in [1.82, 2.24) is 9.80 Å². The molecule has 0 unspecified atom stereocenters. The predicted molar refractivity (Wildman–Crippen MR) is 75.5 cm³/mol. The van der Waals surface area contributed by atoms with Gasteiger partial charge in [0.25, 0.3) is 0 Å². The van der Waals surface area contributed by atoms with Crippen molar-refractivity contribution < 1.29 is 14.7 Å². The maximum absolute atomic E-state index is 12.5. The third-order valence-electron chi connectivity index (χ3n) is 3.50. The largest absolute Gasteiger partial charge is 0.481 e. The Bertz CT molecular complexity index is 369. The van der Waals surface area contributed by atoms with E-state index in [1.54, 1.807) is 4.90 Å². The number of urea groups is 1. The molecule has 0 aromatic heterocycles. The Hall–Kier alpha value is -0.910. The van der Waals surface area contributed by atoms with Crippen LogP contribution in [0, 0.1) is 0 Å². The third-order valence-corrected chi connectivity index (χ3v) is 4.79. The number of carbonyl (C=O) groups is 2. The molecule has 2 rings (SSSR count). The summed E-state index contributed by atoms with van der Waals surface area (Å²) in [6, 6.07) is 0.293. The summed E-state index contributed by atoms with van der Waals surface area (Å²) in [6.45, 7) is 6.14. The Balaban J connectivity index is 1.96. The zero-order valence-electron chi connectivity index (χ0n) is 11.6. The average molecular weight is 286 g/mol. The number of rotatable bonds is 4. The Morgan fingerprint density at radius 1 is 1.42 bits per heavy atom. The summed E-state index contributed by atoms with van der Waals surface area (Å²) in [4.78, 5) is 26.9. The maximum Gasteiger partial charge on any atom is 0.320 e. The summed E-state index contributed by atoms with van der Waals surface area (Å²) in [7, 11) is 0. The van der Waals surface area contributed by atoms with Gasteiger partial charge in [-0.1, -0.05) is 0 Å². The summed E-state index contributed by atoms with van der Waals surface area (Å²) >= 11 is 1.89. The van der Waals surface area contributed by atoms with E-state index in [-0.39, 0.29) is 23.2 Å². The van der Waals surface area contributed by atoms with Crippen LogP contribution in [0.15, 0.2) is 0 Å². The van der Waals surface area contributed by atoms with E-state index in [0.717, 1.165) is 31.7 Å². The molecular formula is C13H22N2O3S. The van der Waals surface area contributed by atoms with Crippen LogP contribution < -0.4 is 0 Å². The monoisotopic (exact) mass is 286 g/mol. The summed E-state index contributed by atoms with van der Waals surface area (Å²) in [5.41, 5.74) is 0. The van der Waals surface area contributed by atoms with Crippen LogP contribution in [0.3, 0.4) is 0 Å². The van der Waals surface area contributed by atoms with E-state index in [2.05, 4.69) is 13.8 Å². The molecule has 0 aromatic rings. The molecule has 1 saturated carbocycles. The molecule has 1 aliphatic carbocycles. The minimum absolute atomic E-state index is 0.0251. The first-order chi connectivity index (χ1) is 8.89. The smallest absolute Gasteiger partial charge is 0.320 e. The van der Waals surface area contributed by atoms with Crippen LogP contribution in [0.2, 0.25) is 0 Å². The molecule has 6 heteroatoms. The standard InChI is InChI=1S/C13H22N2O3S/c1-13(2)9-14(7-8-19-13)12(18)15(10-3-4-10)6-5-11(16)17/h10H,3-9H2,1-2H3,(H,16,17). The minimum atomic E-state index is -0.840. The van der Waals surface area contributed by atoms with E-state index < -0.39 is 5.97 Å². The summed E-state index contributed by atoms with van der Waals surface area (Å²) in [5, 5.41) is 8.78. The Morgan fingerprint density at radius 2 is 2.11 bits per heavy atom. The van der Waals surface area contributed by atoms with Crippen LogP contribution >= 0.6 is 11.8 Å². The molecule has 2 aliphatic rings. The molecule has 1 N–H and O–H groups in total. The Labute approximate surface area is 118 Å². The van der Waals surface area contributed by atoms with E-state index in [1.807, 2.05) is 16.7 Å². The molecule has 19 heavy (non-hydrogen) atoms. The zero-order valence-corrected chi connectivity index (χ0v) is 12.4. The molecule has 2 amide bonds. The van der Waals surface area contributed by atoms with Crippen molar-refractivity contribution in [3.63, 3.8) is 0 Å². The fraction of sp³-hybridized carbons (Fsp3) is 0.846. The second-order valence-electron chi connectivity index (χ2n) is 5.88. The van der Waals surface area contributed by atoms with Gasteiger partial charge in [0.2, 0.25) is 0 Å². The Morgan fingerprint density at radius 3 is 2.63 bits per heavy atom. The molecule has 0 aromatic carbocycles. The lowest BCUT2D eigenvalue weighted by Crippen LogP contribution is -2.52. The van der Waals surface area contributed by atoms with Gasteiger partial charge in [-0.2, -0.15) is 11.8 Å². The highest BCUT2D eigenvalue weighted by Gasteiger charge is 2.37. The molecule has 0 spiro atoms. The fourth-order valence-electron chi connectivity index (χ4n) is 2.40. The van der Waals surface area contributed by atoms with Gasteiger partial charge in [-0.3, -0.25) is 4.79 Å². The first kappa shape index (κ1) is 14.5. The van der Waals surface area contributed by atoms with Crippen molar-refractivity contribution in [3.05, 3.63) is 0 Å². The van der Waals surface area contributed by atoms with Gasteiger partial charge in [0, 0.05) is 36.2 Å². The number of hydrogen-bond donors (Lipinski definition) is 1. The lowest BCUT2D eigenvalue weighted by atomic mass is 10.2. The number of hydrogen-bond acceptors (Lipinski definition) is 3. The highest BCUT2D eigenvalue weighted by molar-refractivity contribution is 8.00. The molecule has 1 saturated heterocycles. The molecule has 0 radical (unpaired) electrons. The number of carbonyl (C=O) groups excluding carboxylic acids is 1. The van der Waals surface area contributed by atoms with Crippen molar-refractivity contribution in [2.45, 2.75) is 43.9 Å². The number of thioether (sulfide) groups is 1. The molecule has 1 aliphatic heterocycles. The average Bonchev–Trinajstić information content (AvgIpc) is 3.11. The molecule has 2 fully saturated rings. The van der Waals surface area contributed by atoms with Crippen molar-refractivity contribution in [2.24, 2.45) is 0 Å². The number of amides is 2. The van der Waals surface area contributed by atoms with Gasteiger partial charge in [-0.05, 0) is 26.7 Å². The number of carboxylic acid groups (broad SMARTS) is 1. The molecule has 5 nitrogen and oxygen atoms in total. The minimum Gasteiger partial charge on any atom is -0.481 e. The highest BCUT2D eigenvalue weighted by Crippen LogP contribution is 2.32. The first-order valence-electron chi connectivity index (χ1n) is 6.80. The van der Waals surface area contributed by atoms with Crippen LogP contribution in [-0.4, -0.2) is 63.1 Å². The van der Waals surface area contributed by atoms with Crippen LogP contribution in [-0.2, 0) is 4.79 Å². The van der Waals surface area contributed by atoms with Crippen LogP contribution in [0.1, 0.15) is 33.1 Å². The van der Waals surface area contributed by atoms with Gasteiger partial charge in [-0.25, -0.2) is 4.79 Å². The van der Waals surface area contributed by atoms with Gasteiger partial charge in [0.1, 0.15) is 0 Å². The van der Waals surface area contributed by atoms with Crippen LogP contribution in [0.25, 0.3) is 0 Å². The molecular weight excluding hydrogens is 264 g/mol. The quantitative estimate of drug-likeness (QED) is 0.857. The van der Waals surface area contributed by atoms with Gasteiger partial charge >= 0.3 is 12.0 Å². The van der Waals surface area contributed by atoms with Crippen molar-refractivity contribution in [1.29, 1.82) is 0 Å². The fourth-order valence-corrected chi connectivity index (χ4v) is 3.51. The van der Waals surface area contributed by atoms with Crippen LogP contribution in [0.5, 0.6) is 0 Å². The first-order valence-corrected chi connectivity index (χ1v) is 7.79. The normalized spacial score (nSPS) is 22.1. The van der Waals surface area contributed by atoms with Crippen molar-refractivity contribution >= 4 is 23.8 Å². The summed E-state index contributed by atoms with van der Waals surface area (Å²) in [6.07, 6.45) is 2.06. The molecule has 108 valence electrons. The number of carboxylic acids is 1. The number of aliphatic carboxylic acids is 1. The van der Waals surface area contributed by atoms with Gasteiger partial charge in [0.15, 0.2) is 0 Å². The van der Waals surface area contributed by atoms with E-state index in [0.29, 0.717) is 6.54 Å². The SMILES string of the molecule is CC1(C)CN(C(=O)N(CCC(=O)O)C2CC2)CCS1. The lowest BCUT2D eigenvalue weighted by Gasteiger charge is -2.40. The highest BCUT2D eigenvalue weighted by atomic mass is 32.2. The van der Waals surface area contributed by atoms with E-state index >= 15 is 0 Å². The van der Waals surface area contributed by atoms with E-state index in [4.69, 9.17) is 5.11 Å². The molecule has 1 heterocycles. The second-order valence-corrected chi connectivity index (χ2v) is 7.68. The topological polar surface area (TPSA) is 60.9 Å². The second kappa shape index (κ2) is 5.61.